The Hall–Kier alpha value is -0.430. The molecule has 1 aromatic rings. The lowest BCUT2D eigenvalue weighted by molar-refractivity contribution is 0.0999. The molecule has 1 amide bonds. The van der Waals surface area contributed by atoms with Crippen LogP contribution in [0.3, 0.4) is 0 Å². The molecule has 0 aliphatic rings. The minimum absolute atomic E-state index is 0.294. The van der Waals surface area contributed by atoms with E-state index >= 15 is 0 Å². The fraction of sp³-hybridized carbons (Fsp3) is 0.364. The monoisotopic (exact) mass is 365 g/mol. The van der Waals surface area contributed by atoms with Gasteiger partial charge in [-0.1, -0.05) is 31.9 Å². The van der Waals surface area contributed by atoms with Crippen molar-refractivity contribution in [3.05, 3.63) is 34.9 Å². The van der Waals surface area contributed by atoms with Gasteiger partial charge in [-0.2, -0.15) is 0 Å². The Morgan fingerprint density at radius 3 is 1.82 bits per heavy atom. The fourth-order valence-corrected chi connectivity index (χ4v) is 1.88. The number of halogens is 2. The molecule has 0 aromatic heterocycles. The maximum Gasteiger partial charge on any atom is 0.248 e. The minimum atomic E-state index is -0.486. The fourth-order valence-electron chi connectivity index (χ4n) is 1.35. The number of carbonyl (C=O) groups is 1. The van der Waals surface area contributed by atoms with Gasteiger partial charge in [0.25, 0.3) is 0 Å². The molecule has 0 saturated heterocycles. The molecule has 2 N–H and O–H groups in total. The molecule has 0 aliphatic heterocycles. The highest BCUT2D eigenvalue weighted by Gasteiger charge is 2.14. The standard InChI is InChI=1S/C11H13Br2NO3/c1-16-9(12)6-3-7(10(13)17-2)5-8(4-6)11(14)15/h3-5,9-10H,1-2H3,(H2,14,15). The lowest BCUT2D eigenvalue weighted by Crippen LogP contribution is -2.12. The molecular weight excluding hydrogens is 354 g/mol. The largest absolute Gasteiger partial charge is 0.366 e. The Morgan fingerprint density at radius 2 is 1.53 bits per heavy atom. The van der Waals surface area contributed by atoms with Gasteiger partial charge in [-0.25, -0.2) is 0 Å². The molecule has 0 aliphatic carbocycles. The van der Waals surface area contributed by atoms with E-state index in [0.717, 1.165) is 11.1 Å². The molecule has 0 saturated carbocycles. The number of hydrogen-bond donors (Lipinski definition) is 1. The second kappa shape index (κ2) is 6.49. The zero-order valence-electron chi connectivity index (χ0n) is 9.44. The van der Waals surface area contributed by atoms with Crippen molar-refractivity contribution in [3.8, 4) is 0 Å². The van der Waals surface area contributed by atoms with Gasteiger partial charge in [-0.15, -0.1) is 0 Å². The number of primary amides is 1. The molecule has 0 bridgehead atoms. The smallest absolute Gasteiger partial charge is 0.248 e. The molecule has 6 heteroatoms. The van der Waals surface area contributed by atoms with Crippen LogP contribution in [-0.2, 0) is 9.47 Å². The summed E-state index contributed by atoms with van der Waals surface area (Å²) in [6.07, 6.45) is 0. The lowest BCUT2D eigenvalue weighted by atomic mass is 10.1. The zero-order chi connectivity index (χ0) is 13.0. The Kier molecular flexibility index (Phi) is 5.58. The van der Waals surface area contributed by atoms with Crippen LogP contribution in [0.15, 0.2) is 18.2 Å². The van der Waals surface area contributed by atoms with Gasteiger partial charge in [-0.3, -0.25) is 4.79 Å². The third kappa shape index (κ3) is 3.77. The number of ether oxygens (including phenoxy) is 2. The molecule has 2 atom stereocenters. The normalized spacial score (nSPS) is 14.4. The van der Waals surface area contributed by atoms with Crippen molar-refractivity contribution in [1.29, 1.82) is 0 Å². The number of amides is 1. The van der Waals surface area contributed by atoms with E-state index in [0.29, 0.717) is 5.56 Å². The summed E-state index contributed by atoms with van der Waals surface area (Å²) in [6, 6.07) is 5.24. The van der Waals surface area contributed by atoms with E-state index in [2.05, 4.69) is 31.9 Å². The first-order valence-corrected chi connectivity index (χ1v) is 6.61. The lowest BCUT2D eigenvalue weighted by Gasteiger charge is -2.14. The van der Waals surface area contributed by atoms with Gasteiger partial charge in [0.2, 0.25) is 5.91 Å². The molecular formula is C11H13Br2NO3. The maximum absolute atomic E-state index is 11.2. The average Bonchev–Trinajstić information content (AvgIpc) is 2.36. The van der Waals surface area contributed by atoms with Gasteiger partial charge in [0, 0.05) is 19.8 Å². The van der Waals surface area contributed by atoms with E-state index < -0.39 is 5.91 Å². The van der Waals surface area contributed by atoms with Crippen molar-refractivity contribution in [2.75, 3.05) is 14.2 Å². The molecule has 1 rings (SSSR count). The van der Waals surface area contributed by atoms with Crippen molar-refractivity contribution in [2.24, 2.45) is 5.73 Å². The van der Waals surface area contributed by atoms with E-state index in [1.165, 1.54) is 0 Å². The van der Waals surface area contributed by atoms with Gasteiger partial charge in [-0.05, 0) is 29.3 Å². The third-order valence-electron chi connectivity index (χ3n) is 2.20. The highest BCUT2D eigenvalue weighted by molar-refractivity contribution is 9.09. The molecule has 0 heterocycles. The van der Waals surface area contributed by atoms with Crippen molar-refractivity contribution >= 4 is 37.8 Å². The summed E-state index contributed by atoms with van der Waals surface area (Å²) in [5, 5.41) is -0.589. The van der Waals surface area contributed by atoms with Crippen LogP contribution in [0.25, 0.3) is 0 Å². The van der Waals surface area contributed by atoms with E-state index in [1.807, 2.05) is 6.07 Å². The summed E-state index contributed by atoms with van der Waals surface area (Å²) in [4.78, 5) is 11.2. The minimum Gasteiger partial charge on any atom is -0.366 e. The summed E-state index contributed by atoms with van der Waals surface area (Å²) in [5.41, 5.74) is 7.31. The average molecular weight is 367 g/mol. The summed E-state index contributed by atoms with van der Waals surface area (Å²) in [7, 11) is 3.13. The second-order valence-electron chi connectivity index (χ2n) is 3.36. The van der Waals surface area contributed by atoms with Crippen LogP contribution in [-0.4, -0.2) is 20.1 Å². The second-order valence-corrected chi connectivity index (χ2v) is 5.02. The molecule has 0 radical (unpaired) electrons. The number of methoxy groups -OCH3 is 2. The molecule has 17 heavy (non-hydrogen) atoms. The number of benzene rings is 1. The first-order chi connectivity index (χ1) is 7.99. The number of nitrogens with two attached hydrogens (primary N) is 1. The Balaban J connectivity index is 3.23. The first-order valence-electron chi connectivity index (χ1n) is 4.78. The predicted octanol–water partition coefficient (Wildman–Crippen LogP) is 2.87. The van der Waals surface area contributed by atoms with Gasteiger partial charge in [0.05, 0.1) is 0 Å². The quantitative estimate of drug-likeness (QED) is 0.815. The summed E-state index contributed by atoms with van der Waals surface area (Å²) in [6.45, 7) is 0. The SMILES string of the molecule is COC(Br)c1cc(C(N)=O)cc(C(Br)OC)c1. The van der Waals surface area contributed by atoms with Crippen molar-refractivity contribution in [2.45, 2.75) is 10.0 Å². The highest BCUT2D eigenvalue weighted by Crippen LogP contribution is 2.30. The van der Waals surface area contributed by atoms with Gasteiger partial charge < -0.3 is 15.2 Å². The van der Waals surface area contributed by atoms with Crippen LogP contribution in [0.5, 0.6) is 0 Å². The van der Waals surface area contributed by atoms with Crippen LogP contribution in [0.4, 0.5) is 0 Å². The van der Waals surface area contributed by atoms with Crippen molar-refractivity contribution in [1.82, 2.24) is 0 Å². The Labute approximate surface area is 117 Å². The van der Waals surface area contributed by atoms with Gasteiger partial charge >= 0.3 is 0 Å². The van der Waals surface area contributed by atoms with Crippen LogP contribution < -0.4 is 5.73 Å². The summed E-state index contributed by atoms with van der Waals surface area (Å²) >= 11 is 6.69. The van der Waals surface area contributed by atoms with E-state index in [9.17, 15) is 4.79 Å². The van der Waals surface area contributed by atoms with E-state index in [-0.39, 0.29) is 10.0 Å². The molecule has 0 fully saturated rings. The molecule has 2 unspecified atom stereocenters. The van der Waals surface area contributed by atoms with E-state index in [1.54, 1.807) is 26.4 Å². The molecule has 4 nitrogen and oxygen atoms in total. The maximum atomic E-state index is 11.2. The topological polar surface area (TPSA) is 61.5 Å². The van der Waals surface area contributed by atoms with E-state index in [4.69, 9.17) is 15.2 Å². The van der Waals surface area contributed by atoms with Crippen LogP contribution in [0.2, 0.25) is 0 Å². The van der Waals surface area contributed by atoms with Crippen molar-refractivity contribution < 1.29 is 14.3 Å². The molecule has 0 spiro atoms. The highest BCUT2D eigenvalue weighted by atomic mass is 79.9. The molecule has 94 valence electrons. The number of carbonyl (C=O) groups excluding carboxylic acids is 1. The number of alkyl halides is 2. The summed E-state index contributed by atoms with van der Waals surface area (Å²) in [5.74, 6) is -0.486. The van der Waals surface area contributed by atoms with Crippen LogP contribution in [0, 0.1) is 0 Å². The van der Waals surface area contributed by atoms with Gasteiger partial charge in [0.15, 0.2) is 0 Å². The van der Waals surface area contributed by atoms with Crippen LogP contribution >= 0.6 is 31.9 Å². The molecule has 1 aromatic carbocycles. The van der Waals surface area contributed by atoms with Crippen molar-refractivity contribution in [3.63, 3.8) is 0 Å². The first kappa shape index (κ1) is 14.6. The summed E-state index contributed by atoms with van der Waals surface area (Å²) < 4.78 is 10.3. The third-order valence-corrected chi connectivity index (χ3v) is 4.01. The van der Waals surface area contributed by atoms with Crippen LogP contribution in [0.1, 0.15) is 31.5 Å². The Morgan fingerprint density at radius 1 is 1.12 bits per heavy atom. The zero-order valence-corrected chi connectivity index (χ0v) is 12.6. The number of rotatable bonds is 5. The van der Waals surface area contributed by atoms with Gasteiger partial charge in [0.1, 0.15) is 10.0 Å². The number of hydrogen-bond acceptors (Lipinski definition) is 3. The Bertz CT molecular complexity index is 383. The predicted molar refractivity (Wildman–Crippen MR) is 72.3 cm³/mol.